The molecule has 0 heterocycles. The third-order valence-electron chi connectivity index (χ3n) is 3.43. The van der Waals surface area contributed by atoms with Gasteiger partial charge < -0.3 is 10.1 Å². The second-order valence-corrected chi connectivity index (χ2v) is 6.76. The Hall–Kier alpha value is -1.22. The highest BCUT2D eigenvalue weighted by atomic mass is 35.5. The number of amides is 1. The van der Waals surface area contributed by atoms with E-state index >= 15 is 0 Å². The van der Waals surface area contributed by atoms with Gasteiger partial charge in [-0.15, -0.1) is 0 Å². The maximum Gasteiger partial charge on any atom is 0.407 e. The van der Waals surface area contributed by atoms with Crippen molar-refractivity contribution in [1.29, 1.82) is 0 Å². The molecule has 2 unspecified atom stereocenters. The van der Waals surface area contributed by atoms with Crippen molar-refractivity contribution in [2.45, 2.75) is 51.2 Å². The molecule has 0 spiro atoms. The quantitative estimate of drug-likeness (QED) is 0.893. The Labute approximate surface area is 119 Å². The first-order chi connectivity index (χ1) is 8.71. The lowest BCUT2D eigenvalue weighted by atomic mass is 9.97. The molecule has 1 saturated carbocycles. The van der Waals surface area contributed by atoms with Crippen molar-refractivity contribution in [3.8, 4) is 0 Å². The van der Waals surface area contributed by atoms with Gasteiger partial charge in [0.05, 0.1) is 0 Å². The number of nitrogens with one attached hydrogen (secondary N) is 1. The Morgan fingerprint density at radius 1 is 1.37 bits per heavy atom. The molecule has 2 rings (SSSR count). The van der Waals surface area contributed by atoms with Crippen LogP contribution in [0.15, 0.2) is 24.3 Å². The smallest absolute Gasteiger partial charge is 0.407 e. The van der Waals surface area contributed by atoms with Crippen molar-refractivity contribution >= 4 is 17.7 Å². The molecule has 0 bridgehead atoms. The van der Waals surface area contributed by atoms with Crippen LogP contribution in [-0.4, -0.2) is 17.7 Å². The summed E-state index contributed by atoms with van der Waals surface area (Å²) in [6.07, 6.45) is 0.573. The fourth-order valence-corrected chi connectivity index (χ4v) is 2.30. The van der Waals surface area contributed by atoms with Gasteiger partial charge in [-0.05, 0) is 44.9 Å². The van der Waals surface area contributed by atoms with E-state index in [-0.39, 0.29) is 17.6 Å². The van der Waals surface area contributed by atoms with Gasteiger partial charge in [-0.25, -0.2) is 4.79 Å². The minimum Gasteiger partial charge on any atom is -0.444 e. The molecule has 1 aliphatic carbocycles. The van der Waals surface area contributed by atoms with Crippen LogP contribution in [0.2, 0.25) is 5.02 Å². The van der Waals surface area contributed by atoms with Crippen LogP contribution in [0.5, 0.6) is 0 Å². The van der Waals surface area contributed by atoms with Gasteiger partial charge in [-0.2, -0.15) is 0 Å². The number of hydrogen-bond acceptors (Lipinski definition) is 2. The summed E-state index contributed by atoms with van der Waals surface area (Å²) in [4.78, 5) is 11.7. The molecule has 0 radical (unpaired) electrons. The van der Waals surface area contributed by atoms with Crippen LogP contribution in [0.3, 0.4) is 0 Å². The molecule has 0 aliphatic heterocycles. The lowest BCUT2D eigenvalue weighted by Crippen LogP contribution is -2.36. The Kier molecular flexibility index (Phi) is 3.52. The minimum atomic E-state index is -0.463. The molecule has 2 atom stereocenters. The van der Waals surface area contributed by atoms with E-state index in [1.54, 1.807) is 0 Å². The molecule has 19 heavy (non-hydrogen) atoms. The fraction of sp³-hybridized carbons (Fsp3) is 0.533. The third-order valence-corrected chi connectivity index (χ3v) is 3.68. The second kappa shape index (κ2) is 4.71. The van der Waals surface area contributed by atoms with Crippen molar-refractivity contribution in [2.75, 3.05) is 0 Å². The summed E-state index contributed by atoms with van der Waals surface area (Å²) in [7, 11) is 0. The highest BCUT2D eigenvalue weighted by Gasteiger charge is 2.52. The van der Waals surface area contributed by atoms with Crippen LogP contribution in [0.4, 0.5) is 4.79 Å². The summed E-state index contributed by atoms with van der Waals surface area (Å²) >= 11 is 5.89. The monoisotopic (exact) mass is 281 g/mol. The van der Waals surface area contributed by atoms with Crippen molar-refractivity contribution in [3.05, 3.63) is 34.9 Å². The number of carbonyl (C=O) groups excluding carboxylic acids is 1. The average molecular weight is 282 g/mol. The number of alkyl carbamates (subject to hydrolysis) is 1. The zero-order valence-corrected chi connectivity index (χ0v) is 12.5. The predicted octanol–water partition coefficient (Wildman–Crippen LogP) is 3.89. The van der Waals surface area contributed by atoms with Gasteiger partial charge in [0.2, 0.25) is 0 Å². The Morgan fingerprint density at radius 3 is 2.47 bits per heavy atom. The summed E-state index contributed by atoms with van der Waals surface area (Å²) in [6.45, 7) is 7.71. The molecule has 0 saturated heterocycles. The number of hydrogen-bond donors (Lipinski definition) is 1. The number of halogens is 1. The van der Waals surface area contributed by atoms with Crippen LogP contribution in [0.25, 0.3) is 0 Å². The molecule has 104 valence electrons. The summed E-state index contributed by atoms with van der Waals surface area (Å²) in [5.41, 5.74) is 0.717. The predicted molar refractivity (Wildman–Crippen MR) is 76.6 cm³/mol. The van der Waals surface area contributed by atoms with E-state index in [0.717, 1.165) is 11.4 Å². The van der Waals surface area contributed by atoms with E-state index in [1.165, 1.54) is 5.56 Å². The van der Waals surface area contributed by atoms with Crippen LogP contribution in [0, 0.1) is 0 Å². The number of benzene rings is 1. The van der Waals surface area contributed by atoms with E-state index < -0.39 is 5.60 Å². The largest absolute Gasteiger partial charge is 0.444 e. The van der Waals surface area contributed by atoms with Gasteiger partial charge in [0.1, 0.15) is 5.60 Å². The Bertz CT molecular complexity index is 478. The Morgan fingerprint density at radius 2 is 1.95 bits per heavy atom. The lowest BCUT2D eigenvalue weighted by molar-refractivity contribution is 0.0520. The van der Waals surface area contributed by atoms with Crippen molar-refractivity contribution in [3.63, 3.8) is 0 Å². The molecule has 1 aromatic carbocycles. The first-order valence-corrected chi connectivity index (χ1v) is 6.84. The molecule has 1 aromatic rings. The maximum atomic E-state index is 11.7. The third kappa shape index (κ3) is 3.41. The van der Waals surface area contributed by atoms with E-state index in [9.17, 15) is 4.79 Å². The zero-order valence-electron chi connectivity index (χ0n) is 11.8. The van der Waals surface area contributed by atoms with Gasteiger partial charge in [-0.3, -0.25) is 0 Å². The minimum absolute atomic E-state index is 0.0124. The lowest BCUT2D eigenvalue weighted by Gasteiger charge is -2.20. The van der Waals surface area contributed by atoms with Crippen molar-refractivity contribution in [2.24, 2.45) is 0 Å². The van der Waals surface area contributed by atoms with E-state index in [1.807, 2.05) is 45.0 Å². The van der Waals surface area contributed by atoms with E-state index in [0.29, 0.717) is 0 Å². The average Bonchev–Trinajstić information content (AvgIpc) is 2.88. The molecule has 3 nitrogen and oxygen atoms in total. The first kappa shape index (κ1) is 14.2. The summed E-state index contributed by atoms with van der Waals surface area (Å²) < 4.78 is 5.27. The first-order valence-electron chi connectivity index (χ1n) is 6.46. The van der Waals surface area contributed by atoms with Gasteiger partial charge in [0.25, 0.3) is 0 Å². The molecule has 0 aromatic heterocycles. The molecule has 1 amide bonds. The molecule has 1 N–H and O–H groups in total. The molecular weight excluding hydrogens is 262 g/mol. The number of carbonyl (C=O) groups is 1. The molecule has 4 heteroatoms. The SMILES string of the molecule is CC(C)(C)OC(=O)NC1CC1(C)c1ccc(Cl)cc1. The normalized spacial score (nSPS) is 25.8. The zero-order chi connectivity index (χ0) is 14.3. The summed E-state index contributed by atoms with van der Waals surface area (Å²) in [5, 5.41) is 3.65. The maximum absolute atomic E-state index is 11.7. The molecule has 1 fully saturated rings. The molecular formula is C15H20ClNO2. The molecule has 1 aliphatic rings. The highest BCUT2D eigenvalue weighted by Crippen LogP contribution is 2.48. The van der Waals surface area contributed by atoms with Crippen molar-refractivity contribution < 1.29 is 9.53 Å². The van der Waals surface area contributed by atoms with Crippen LogP contribution >= 0.6 is 11.6 Å². The van der Waals surface area contributed by atoms with Crippen molar-refractivity contribution in [1.82, 2.24) is 5.32 Å². The second-order valence-electron chi connectivity index (χ2n) is 6.33. The summed E-state index contributed by atoms with van der Waals surface area (Å²) in [5.74, 6) is 0. The standard InChI is InChI=1S/C15H20ClNO2/c1-14(2,3)19-13(18)17-12-9-15(12,4)10-5-7-11(16)8-6-10/h5-8,12H,9H2,1-4H3,(H,17,18). The van der Waals surface area contributed by atoms with Crippen LogP contribution in [0.1, 0.15) is 39.7 Å². The highest BCUT2D eigenvalue weighted by molar-refractivity contribution is 6.30. The van der Waals surface area contributed by atoms with Crippen LogP contribution < -0.4 is 5.32 Å². The number of ether oxygens (including phenoxy) is 1. The van der Waals surface area contributed by atoms with Gasteiger partial charge in [0.15, 0.2) is 0 Å². The number of rotatable bonds is 2. The van der Waals surface area contributed by atoms with E-state index in [2.05, 4.69) is 12.2 Å². The van der Waals surface area contributed by atoms with Gasteiger partial charge in [-0.1, -0.05) is 30.7 Å². The topological polar surface area (TPSA) is 38.3 Å². The van der Waals surface area contributed by atoms with Gasteiger partial charge >= 0.3 is 6.09 Å². The summed E-state index contributed by atoms with van der Waals surface area (Å²) in [6, 6.07) is 7.91. The van der Waals surface area contributed by atoms with E-state index in [4.69, 9.17) is 16.3 Å². The fourth-order valence-electron chi connectivity index (χ4n) is 2.17. The van der Waals surface area contributed by atoms with Gasteiger partial charge in [0, 0.05) is 16.5 Å². The Balaban J connectivity index is 1.96. The van der Waals surface area contributed by atoms with Crippen LogP contribution in [-0.2, 0) is 10.2 Å².